The Morgan fingerprint density at radius 1 is 1.33 bits per heavy atom. The Balaban J connectivity index is 2.01. The number of hydrogen-bond acceptors (Lipinski definition) is 2. The fourth-order valence-electron chi connectivity index (χ4n) is 2.67. The van der Waals surface area contributed by atoms with E-state index in [1.165, 1.54) is 24.0 Å². The molecule has 1 aromatic carbocycles. The molecule has 1 heterocycles. The monoisotopic (exact) mass is 247 g/mol. The predicted molar refractivity (Wildman–Crippen MR) is 75.8 cm³/mol. The highest BCUT2D eigenvalue weighted by Gasteiger charge is 2.22. The highest BCUT2D eigenvalue weighted by molar-refractivity contribution is 5.31. The molecule has 1 aliphatic heterocycles. The third kappa shape index (κ3) is 3.33. The number of rotatable bonds is 6. The maximum absolute atomic E-state index is 5.98. The molecule has 1 aliphatic rings. The maximum Gasteiger partial charge on any atom is 0.0842 e. The molecule has 0 aliphatic carbocycles. The fraction of sp³-hybridized carbons (Fsp3) is 0.625. The number of ether oxygens (including phenoxy) is 1. The fourth-order valence-corrected chi connectivity index (χ4v) is 2.67. The second-order valence-corrected chi connectivity index (χ2v) is 5.10. The highest BCUT2D eigenvalue weighted by Crippen LogP contribution is 2.30. The molecule has 0 bridgehead atoms. The molecule has 0 fully saturated rings. The van der Waals surface area contributed by atoms with Crippen molar-refractivity contribution in [3.63, 3.8) is 0 Å². The lowest BCUT2D eigenvalue weighted by Crippen LogP contribution is -2.32. The van der Waals surface area contributed by atoms with Crippen molar-refractivity contribution in [3.05, 3.63) is 35.4 Å². The molecule has 2 atom stereocenters. The average Bonchev–Trinajstić information content (AvgIpc) is 2.43. The molecule has 1 aromatic rings. The Kier molecular flexibility index (Phi) is 5.21. The van der Waals surface area contributed by atoms with E-state index >= 15 is 0 Å². The van der Waals surface area contributed by atoms with Crippen LogP contribution >= 0.6 is 0 Å². The summed E-state index contributed by atoms with van der Waals surface area (Å²) in [6, 6.07) is 9.30. The van der Waals surface area contributed by atoms with Gasteiger partial charge in [0, 0.05) is 6.04 Å². The Morgan fingerprint density at radius 3 is 2.94 bits per heavy atom. The normalized spacial score (nSPS) is 20.4. The molecule has 0 aromatic heterocycles. The first-order valence-corrected chi connectivity index (χ1v) is 7.28. The third-order valence-electron chi connectivity index (χ3n) is 3.77. The van der Waals surface area contributed by atoms with Crippen LogP contribution in [0.4, 0.5) is 0 Å². The molecule has 0 radical (unpaired) electrons. The molecule has 0 saturated carbocycles. The summed E-state index contributed by atoms with van der Waals surface area (Å²) in [5, 5.41) is 3.62. The summed E-state index contributed by atoms with van der Waals surface area (Å²) >= 11 is 0. The molecule has 18 heavy (non-hydrogen) atoms. The Bertz CT molecular complexity index is 364. The quantitative estimate of drug-likeness (QED) is 0.831. The Morgan fingerprint density at radius 2 is 2.17 bits per heavy atom. The summed E-state index contributed by atoms with van der Waals surface area (Å²) in [6.07, 6.45) is 4.80. The zero-order valence-corrected chi connectivity index (χ0v) is 11.6. The van der Waals surface area contributed by atoms with Crippen molar-refractivity contribution >= 4 is 0 Å². The predicted octanol–water partition coefficient (Wildman–Crippen LogP) is 3.47. The van der Waals surface area contributed by atoms with Crippen molar-refractivity contribution in [3.8, 4) is 0 Å². The number of hydrogen-bond donors (Lipinski definition) is 1. The third-order valence-corrected chi connectivity index (χ3v) is 3.77. The van der Waals surface area contributed by atoms with E-state index in [9.17, 15) is 0 Å². The minimum atomic E-state index is 0.282. The van der Waals surface area contributed by atoms with Gasteiger partial charge in [-0.25, -0.2) is 0 Å². The van der Waals surface area contributed by atoms with Gasteiger partial charge in [0.25, 0.3) is 0 Å². The molecule has 0 saturated heterocycles. The summed E-state index contributed by atoms with van der Waals surface area (Å²) in [5.74, 6) is 0. The van der Waals surface area contributed by atoms with Crippen molar-refractivity contribution in [2.45, 2.75) is 51.7 Å². The lowest BCUT2D eigenvalue weighted by molar-refractivity contribution is 0.0292. The van der Waals surface area contributed by atoms with E-state index in [-0.39, 0.29) is 6.10 Å². The molecular weight excluding hydrogens is 222 g/mol. The van der Waals surface area contributed by atoms with Crippen LogP contribution < -0.4 is 5.32 Å². The van der Waals surface area contributed by atoms with Crippen molar-refractivity contribution < 1.29 is 4.74 Å². The van der Waals surface area contributed by atoms with Gasteiger partial charge in [-0.15, -0.1) is 0 Å². The molecule has 0 spiro atoms. The van der Waals surface area contributed by atoms with Crippen LogP contribution in [0.1, 0.15) is 50.3 Å². The maximum atomic E-state index is 5.98. The van der Waals surface area contributed by atoms with Crippen molar-refractivity contribution in [2.75, 3.05) is 13.2 Å². The lowest BCUT2D eigenvalue weighted by atomic mass is 9.93. The molecule has 2 unspecified atom stereocenters. The summed E-state index contributed by atoms with van der Waals surface area (Å²) in [7, 11) is 0. The van der Waals surface area contributed by atoms with E-state index in [0.29, 0.717) is 6.04 Å². The zero-order valence-electron chi connectivity index (χ0n) is 11.6. The van der Waals surface area contributed by atoms with E-state index < -0.39 is 0 Å². The standard InChI is InChI=1S/C16H25NO/c1-3-10-17-14(4-2)12-16-15-8-6-5-7-13(15)9-11-18-16/h5-8,14,16-17H,3-4,9-12H2,1-2H3. The first kappa shape index (κ1) is 13.6. The van der Waals surface area contributed by atoms with Crippen LogP contribution in [-0.2, 0) is 11.2 Å². The van der Waals surface area contributed by atoms with Gasteiger partial charge in [-0.2, -0.15) is 0 Å². The van der Waals surface area contributed by atoms with Gasteiger partial charge in [0.1, 0.15) is 0 Å². The molecule has 1 N–H and O–H groups in total. The van der Waals surface area contributed by atoms with Crippen molar-refractivity contribution in [1.29, 1.82) is 0 Å². The van der Waals surface area contributed by atoms with Crippen LogP contribution in [0.15, 0.2) is 24.3 Å². The molecule has 0 amide bonds. The molecule has 2 nitrogen and oxygen atoms in total. The largest absolute Gasteiger partial charge is 0.373 e. The summed E-state index contributed by atoms with van der Waals surface area (Å²) in [6.45, 7) is 6.44. The molecule has 2 rings (SSSR count). The minimum absolute atomic E-state index is 0.282. The van der Waals surface area contributed by atoms with E-state index in [1.54, 1.807) is 0 Å². The summed E-state index contributed by atoms with van der Waals surface area (Å²) in [5.41, 5.74) is 2.87. The van der Waals surface area contributed by atoms with Crippen LogP contribution in [-0.4, -0.2) is 19.2 Å². The number of nitrogens with one attached hydrogen (secondary N) is 1. The highest BCUT2D eigenvalue weighted by atomic mass is 16.5. The number of benzene rings is 1. The van der Waals surface area contributed by atoms with Gasteiger partial charge >= 0.3 is 0 Å². The Labute approximate surface area is 111 Å². The summed E-state index contributed by atoms with van der Waals surface area (Å²) < 4.78 is 5.98. The topological polar surface area (TPSA) is 21.3 Å². The molecule has 100 valence electrons. The van der Waals surface area contributed by atoms with E-state index in [4.69, 9.17) is 4.74 Å². The number of fused-ring (bicyclic) bond motifs is 1. The molecule has 2 heteroatoms. The van der Waals surface area contributed by atoms with Crippen molar-refractivity contribution in [2.24, 2.45) is 0 Å². The van der Waals surface area contributed by atoms with Crippen LogP contribution in [0.25, 0.3) is 0 Å². The van der Waals surface area contributed by atoms with Crippen LogP contribution in [0, 0.1) is 0 Å². The first-order chi connectivity index (χ1) is 8.85. The van der Waals surface area contributed by atoms with Crippen molar-refractivity contribution in [1.82, 2.24) is 5.32 Å². The van der Waals surface area contributed by atoms with Gasteiger partial charge in [0.2, 0.25) is 0 Å². The molecular formula is C16H25NO. The second-order valence-electron chi connectivity index (χ2n) is 5.10. The van der Waals surface area contributed by atoms with Gasteiger partial charge in [0.05, 0.1) is 12.7 Å². The van der Waals surface area contributed by atoms with Gasteiger partial charge in [0.15, 0.2) is 0 Å². The van der Waals surface area contributed by atoms with Gasteiger partial charge in [-0.05, 0) is 43.4 Å². The lowest BCUT2D eigenvalue weighted by Gasteiger charge is -2.29. The average molecular weight is 247 g/mol. The van der Waals surface area contributed by atoms with E-state index in [1.807, 2.05) is 0 Å². The second kappa shape index (κ2) is 6.91. The summed E-state index contributed by atoms with van der Waals surface area (Å²) in [4.78, 5) is 0. The van der Waals surface area contributed by atoms with Crippen LogP contribution in [0.2, 0.25) is 0 Å². The van der Waals surface area contributed by atoms with E-state index in [2.05, 4.69) is 43.4 Å². The zero-order chi connectivity index (χ0) is 12.8. The van der Waals surface area contributed by atoms with Gasteiger partial charge in [-0.1, -0.05) is 38.1 Å². The van der Waals surface area contributed by atoms with Crippen LogP contribution in [0.5, 0.6) is 0 Å². The van der Waals surface area contributed by atoms with Crippen LogP contribution in [0.3, 0.4) is 0 Å². The smallest absolute Gasteiger partial charge is 0.0842 e. The van der Waals surface area contributed by atoms with E-state index in [0.717, 1.165) is 26.0 Å². The van der Waals surface area contributed by atoms with Gasteiger partial charge in [-0.3, -0.25) is 0 Å². The Hall–Kier alpha value is -0.860. The first-order valence-electron chi connectivity index (χ1n) is 7.28. The minimum Gasteiger partial charge on any atom is -0.373 e. The SMILES string of the molecule is CCCNC(CC)CC1OCCc2ccccc21. The van der Waals surface area contributed by atoms with Gasteiger partial charge < -0.3 is 10.1 Å².